The second kappa shape index (κ2) is 5.19. The monoisotopic (exact) mass is 265 g/mol. The van der Waals surface area contributed by atoms with E-state index in [1.807, 2.05) is 0 Å². The lowest BCUT2D eigenvalue weighted by Crippen LogP contribution is -1.91. The van der Waals surface area contributed by atoms with Crippen LogP contribution in [-0.4, -0.2) is 4.98 Å². The van der Waals surface area contributed by atoms with Crippen LogP contribution in [0.2, 0.25) is 0 Å². The molecule has 0 spiro atoms. The smallest absolute Gasteiger partial charge is 0.108 e. The van der Waals surface area contributed by atoms with Crippen LogP contribution in [0.3, 0.4) is 0 Å². The number of hydrogen-bond acceptors (Lipinski definition) is 2. The van der Waals surface area contributed by atoms with Gasteiger partial charge in [-0.15, -0.1) is 22.9 Å². The highest BCUT2D eigenvalue weighted by atomic mass is 35.5. The highest BCUT2D eigenvalue weighted by molar-refractivity contribution is 7.10. The normalized spacial score (nSPS) is 11.1. The molecule has 1 aromatic heterocycles. The van der Waals surface area contributed by atoms with Gasteiger partial charge in [0.1, 0.15) is 5.01 Å². The number of nitrogens with zero attached hydrogens (tertiary/aromatic N) is 1. The van der Waals surface area contributed by atoms with Crippen LogP contribution in [-0.2, 0) is 5.88 Å². The van der Waals surface area contributed by atoms with Gasteiger partial charge in [-0.25, -0.2) is 4.98 Å². The number of aromatic nitrogens is 1. The molecule has 2 aromatic rings. The van der Waals surface area contributed by atoms with Crippen molar-refractivity contribution in [3.8, 4) is 11.3 Å². The van der Waals surface area contributed by atoms with Crippen molar-refractivity contribution in [1.82, 2.24) is 4.98 Å². The fourth-order valence-corrected chi connectivity index (χ4v) is 2.66. The molecule has 17 heavy (non-hydrogen) atoms. The van der Waals surface area contributed by atoms with E-state index in [0.717, 1.165) is 10.7 Å². The van der Waals surface area contributed by atoms with Crippen molar-refractivity contribution in [2.24, 2.45) is 0 Å². The van der Waals surface area contributed by atoms with Gasteiger partial charge in [0.25, 0.3) is 0 Å². The first-order valence-electron chi connectivity index (χ1n) is 5.73. The summed E-state index contributed by atoms with van der Waals surface area (Å²) in [6.07, 6.45) is 0. The molecule has 1 nitrogen and oxygen atoms in total. The van der Waals surface area contributed by atoms with Gasteiger partial charge in [0.2, 0.25) is 0 Å². The zero-order valence-corrected chi connectivity index (χ0v) is 11.9. The number of thiazole rings is 1. The Kier molecular flexibility index (Phi) is 3.85. The summed E-state index contributed by atoms with van der Waals surface area (Å²) in [5.74, 6) is 1.04. The van der Waals surface area contributed by atoms with Gasteiger partial charge in [0.15, 0.2) is 0 Å². The third-order valence-electron chi connectivity index (χ3n) is 2.87. The van der Waals surface area contributed by atoms with Crippen molar-refractivity contribution in [2.75, 3.05) is 0 Å². The summed E-state index contributed by atoms with van der Waals surface area (Å²) >= 11 is 7.42. The number of benzene rings is 1. The number of hydrogen-bond donors (Lipinski definition) is 0. The number of aryl methyl sites for hydroxylation is 1. The zero-order chi connectivity index (χ0) is 12.4. The summed E-state index contributed by atoms with van der Waals surface area (Å²) in [6, 6.07) is 6.61. The largest absolute Gasteiger partial charge is 0.240 e. The summed E-state index contributed by atoms with van der Waals surface area (Å²) in [4.78, 5) is 4.55. The molecule has 0 aliphatic carbocycles. The van der Waals surface area contributed by atoms with E-state index in [0.29, 0.717) is 11.8 Å². The average Bonchev–Trinajstić information content (AvgIpc) is 2.77. The molecule has 0 atom stereocenters. The standard InChI is InChI=1S/C14H16ClNS/c1-9(2)11-5-4-10(3)12(6-11)13-8-17-14(7-15)16-13/h4-6,8-9H,7H2,1-3H3. The third kappa shape index (κ3) is 2.70. The third-order valence-corrected chi connectivity index (χ3v) is 4.13. The van der Waals surface area contributed by atoms with E-state index in [1.54, 1.807) is 11.3 Å². The van der Waals surface area contributed by atoms with Gasteiger partial charge in [-0.3, -0.25) is 0 Å². The molecule has 0 fully saturated rings. The van der Waals surface area contributed by atoms with Crippen molar-refractivity contribution in [2.45, 2.75) is 32.6 Å². The van der Waals surface area contributed by atoms with Crippen molar-refractivity contribution < 1.29 is 0 Å². The minimum Gasteiger partial charge on any atom is -0.240 e. The van der Waals surface area contributed by atoms with Crippen molar-refractivity contribution >= 4 is 22.9 Å². The highest BCUT2D eigenvalue weighted by Gasteiger charge is 2.09. The molecule has 0 aliphatic rings. The van der Waals surface area contributed by atoms with Gasteiger partial charge >= 0.3 is 0 Å². The Balaban J connectivity index is 2.46. The molecule has 90 valence electrons. The molecule has 0 bridgehead atoms. The first-order valence-corrected chi connectivity index (χ1v) is 7.14. The maximum Gasteiger partial charge on any atom is 0.108 e. The van der Waals surface area contributed by atoms with Crippen LogP contribution in [0.15, 0.2) is 23.6 Å². The van der Waals surface area contributed by atoms with Gasteiger partial charge in [-0.05, 0) is 30.0 Å². The molecule has 0 aliphatic heterocycles. The summed E-state index contributed by atoms with van der Waals surface area (Å²) in [7, 11) is 0. The van der Waals surface area contributed by atoms with Crippen molar-refractivity contribution in [3.05, 3.63) is 39.7 Å². The fourth-order valence-electron chi connectivity index (χ4n) is 1.77. The predicted molar refractivity (Wildman–Crippen MR) is 75.9 cm³/mol. The Bertz CT molecular complexity index is 517. The van der Waals surface area contributed by atoms with E-state index >= 15 is 0 Å². The molecule has 0 N–H and O–H groups in total. The Morgan fingerprint density at radius 2 is 2.12 bits per heavy atom. The summed E-state index contributed by atoms with van der Waals surface area (Å²) in [5, 5.41) is 3.07. The predicted octanol–water partition coefficient (Wildman–Crippen LogP) is 4.98. The van der Waals surface area contributed by atoms with Crippen LogP contribution in [0, 0.1) is 6.92 Å². The maximum atomic E-state index is 5.80. The van der Waals surface area contributed by atoms with Crippen LogP contribution >= 0.6 is 22.9 Å². The van der Waals surface area contributed by atoms with Crippen LogP contribution in [0.1, 0.15) is 35.9 Å². The van der Waals surface area contributed by atoms with E-state index in [2.05, 4.69) is 49.3 Å². The van der Waals surface area contributed by atoms with Gasteiger partial charge in [-0.2, -0.15) is 0 Å². The van der Waals surface area contributed by atoms with E-state index < -0.39 is 0 Å². The maximum absolute atomic E-state index is 5.80. The second-order valence-corrected chi connectivity index (χ2v) is 5.70. The van der Waals surface area contributed by atoms with Gasteiger partial charge < -0.3 is 0 Å². The van der Waals surface area contributed by atoms with Crippen molar-refractivity contribution in [3.63, 3.8) is 0 Å². The van der Waals surface area contributed by atoms with Crippen LogP contribution in [0.5, 0.6) is 0 Å². The first kappa shape index (κ1) is 12.6. The number of alkyl halides is 1. The second-order valence-electron chi connectivity index (χ2n) is 4.49. The van der Waals surface area contributed by atoms with E-state index in [9.17, 15) is 0 Å². The van der Waals surface area contributed by atoms with E-state index in [-0.39, 0.29) is 0 Å². The van der Waals surface area contributed by atoms with E-state index in [1.165, 1.54) is 16.7 Å². The van der Waals surface area contributed by atoms with Gasteiger partial charge in [0.05, 0.1) is 11.6 Å². The van der Waals surface area contributed by atoms with Crippen LogP contribution < -0.4 is 0 Å². The molecule has 0 radical (unpaired) electrons. The summed E-state index contributed by atoms with van der Waals surface area (Å²) in [5.41, 5.74) is 4.89. The van der Waals surface area contributed by atoms with Crippen LogP contribution in [0.4, 0.5) is 0 Å². The Labute approximate surface area is 111 Å². The molecule has 1 heterocycles. The number of rotatable bonds is 3. The highest BCUT2D eigenvalue weighted by Crippen LogP contribution is 2.28. The average molecular weight is 266 g/mol. The lowest BCUT2D eigenvalue weighted by molar-refractivity contribution is 0.866. The molecule has 1 aromatic carbocycles. The molecular formula is C14H16ClNS. The van der Waals surface area contributed by atoms with Gasteiger partial charge in [0, 0.05) is 10.9 Å². The minimum absolute atomic E-state index is 0.494. The SMILES string of the molecule is Cc1ccc(C(C)C)cc1-c1csc(CCl)n1. The molecular weight excluding hydrogens is 250 g/mol. The minimum atomic E-state index is 0.494. The molecule has 2 rings (SSSR count). The molecule has 0 saturated carbocycles. The molecule has 3 heteroatoms. The lowest BCUT2D eigenvalue weighted by atomic mass is 9.97. The summed E-state index contributed by atoms with van der Waals surface area (Å²) < 4.78 is 0. The topological polar surface area (TPSA) is 12.9 Å². The zero-order valence-electron chi connectivity index (χ0n) is 10.3. The van der Waals surface area contributed by atoms with Crippen molar-refractivity contribution in [1.29, 1.82) is 0 Å². The Morgan fingerprint density at radius 1 is 1.35 bits per heavy atom. The molecule has 0 unspecified atom stereocenters. The fraction of sp³-hybridized carbons (Fsp3) is 0.357. The Morgan fingerprint density at radius 3 is 2.71 bits per heavy atom. The van der Waals surface area contributed by atoms with Crippen LogP contribution in [0.25, 0.3) is 11.3 Å². The molecule has 0 amide bonds. The van der Waals surface area contributed by atoms with E-state index in [4.69, 9.17) is 11.6 Å². The van der Waals surface area contributed by atoms with Gasteiger partial charge in [-0.1, -0.05) is 26.0 Å². The molecule has 0 saturated heterocycles. The lowest BCUT2D eigenvalue weighted by Gasteiger charge is -2.09. The quantitative estimate of drug-likeness (QED) is 0.713. The summed E-state index contributed by atoms with van der Waals surface area (Å²) in [6.45, 7) is 6.54. The number of halogens is 1. The first-order chi connectivity index (χ1) is 8.11. The Hall–Kier alpha value is -0.860.